The molecule has 0 saturated carbocycles. The zero-order valence-electron chi connectivity index (χ0n) is 10.1. The van der Waals surface area contributed by atoms with E-state index in [1.807, 2.05) is 25.1 Å². The molecule has 5 heteroatoms. The van der Waals surface area contributed by atoms with Gasteiger partial charge in [0.25, 0.3) is 0 Å². The van der Waals surface area contributed by atoms with E-state index in [-0.39, 0.29) is 6.04 Å². The second kappa shape index (κ2) is 5.86. The number of rotatable bonds is 6. The zero-order valence-corrected chi connectivity index (χ0v) is 10.1. The van der Waals surface area contributed by atoms with E-state index >= 15 is 0 Å². The van der Waals surface area contributed by atoms with Crippen LogP contribution in [0.2, 0.25) is 0 Å². The SMILES string of the molecule is COCCONC(C)c1ccc2c(c1)OCO2. The molecule has 0 aromatic heterocycles. The van der Waals surface area contributed by atoms with Crippen LogP contribution in [0.1, 0.15) is 18.5 Å². The van der Waals surface area contributed by atoms with Crippen LogP contribution in [0.15, 0.2) is 18.2 Å². The number of nitrogens with one attached hydrogen (secondary N) is 1. The van der Waals surface area contributed by atoms with E-state index in [0.29, 0.717) is 20.0 Å². The number of hydroxylamine groups is 1. The number of benzene rings is 1. The predicted octanol–water partition coefficient (Wildman–Crippen LogP) is 1.64. The molecule has 0 spiro atoms. The Bertz CT molecular complexity index is 370. The molecule has 0 aliphatic carbocycles. The Balaban J connectivity index is 1.88. The molecular weight excluding hydrogens is 222 g/mol. The average molecular weight is 239 g/mol. The molecule has 0 saturated heterocycles. The lowest BCUT2D eigenvalue weighted by Crippen LogP contribution is -2.21. The molecule has 1 atom stereocenters. The number of hydrogen-bond acceptors (Lipinski definition) is 5. The van der Waals surface area contributed by atoms with Crippen LogP contribution in [0.4, 0.5) is 0 Å². The lowest BCUT2D eigenvalue weighted by atomic mass is 10.1. The molecule has 2 rings (SSSR count). The third kappa shape index (κ3) is 3.09. The van der Waals surface area contributed by atoms with Crippen LogP contribution < -0.4 is 15.0 Å². The highest BCUT2D eigenvalue weighted by Crippen LogP contribution is 2.34. The first-order valence-electron chi connectivity index (χ1n) is 5.57. The van der Waals surface area contributed by atoms with Gasteiger partial charge in [-0.1, -0.05) is 6.07 Å². The first-order chi connectivity index (χ1) is 8.31. The van der Waals surface area contributed by atoms with E-state index in [1.165, 1.54) is 0 Å². The van der Waals surface area contributed by atoms with Crippen molar-refractivity contribution in [2.24, 2.45) is 0 Å². The van der Waals surface area contributed by atoms with Gasteiger partial charge in [-0.25, -0.2) is 0 Å². The maximum atomic E-state index is 5.32. The van der Waals surface area contributed by atoms with Gasteiger partial charge in [-0.3, -0.25) is 4.84 Å². The normalized spacial score (nSPS) is 14.9. The van der Waals surface area contributed by atoms with Gasteiger partial charge in [0.2, 0.25) is 6.79 Å². The lowest BCUT2D eigenvalue weighted by molar-refractivity contribution is -0.00926. The fourth-order valence-electron chi connectivity index (χ4n) is 1.56. The monoisotopic (exact) mass is 239 g/mol. The van der Waals surface area contributed by atoms with Gasteiger partial charge in [0, 0.05) is 7.11 Å². The van der Waals surface area contributed by atoms with Gasteiger partial charge in [0.15, 0.2) is 11.5 Å². The Hall–Kier alpha value is -1.30. The molecule has 0 bridgehead atoms. The summed E-state index contributed by atoms with van der Waals surface area (Å²) in [5.74, 6) is 1.58. The summed E-state index contributed by atoms with van der Waals surface area (Å²) in [7, 11) is 1.64. The van der Waals surface area contributed by atoms with Gasteiger partial charge in [0.1, 0.15) is 0 Å². The van der Waals surface area contributed by atoms with Gasteiger partial charge >= 0.3 is 0 Å². The summed E-state index contributed by atoms with van der Waals surface area (Å²) in [6.45, 7) is 3.40. The number of hydrogen-bond donors (Lipinski definition) is 1. The quantitative estimate of drug-likeness (QED) is 0.604. The Kier molecular flexibility index (Phi) is 4.19. The maximum absolute atomic E-state index is 5.32. The highest BCUT2D eigenvalue weighted by atomic mass is 16.7. The first-order valence-corrected chi connectivity index (χ1v) is 5.57. The number of ether oxygens (including phenoxy) is 3. The van der Waals surface area contributed by atoms with Crippen LogP contribution in [-0.2, 0) is 9.57 Å². The fourth-order valence-corrected chi connectivity index (χ4v) is 1.56. The molecule has 1 aromatic carbocycles. The summed E-state index contributed by atoms with van der Waals surface area (Å²) in [5, 5.41) is 0. The van der Waals surface area contributed by atoms with Crippen molar-refractivity contribution in [2.75, 3.05) is 27.1 Å². The van der Waals surface area contributed by atoms with Crippen LogP contribution in [0.5, 0.6) is 11.5 Å². The van der Waals surface area contributed by atoms with Gasteiger partial charge in [0.05, 0.1) is 19.3 Å². The molecular formula is C12H17NO4. The summed E-state index contributed by atoms with van der Waals surface area (Å²) >= 11 is 0. The molecule has 1 aromatic rings. The predicted molar refractivity (Wildman–Crippen MR) is 61.9 cm³/mol. The van der Waals surface area contributed by atoms with Crippen molar-refractivity contribution in [3.05, 3.63) is 23.8 Å². The third-order valence-corrected chi connectivity index (χ3v) is 2.55. The molecule has 1 unspecified atom stereocenters. The molecule has 0 fully saturated rings. The summed E-state index contributed by atoms with van der Waals surface area (Å²) in [6.07, 6.45) is 0. The van der Waals surface area contributed by atoms with Crippen LogP contribution in [0.25, 0.3) is 0 Å². The highest BCUT2D eigenvalue weighted by Gasteiger charge is 2.15. The smallest absolute Gasteiger partial charge is 0.231 e. The van der Waals surface area contributed by atoms with E-state index in [1.54, 1.807) is 7.11 Å². The van der Waals surface area contributed by atoms with E-state index in [2.05, 4.69) is 5.48 Å². The van der Waals surface area contributed by atoms with Gasteiger partial charge in [-0.2, -0.15) is 5.48 Å². The standard InChI is InChI=1S/C12H17NO4/c1-9(13-17-6-5-14-2)10-3-4-11-12(7-10)16-8-15-11/h3-4,7,9,13H,5-6,8H2,1-2H3. The summed E-state index contributed by atoms with van der Waals surface area (Å²) in [6, 6.07) is 5.94. The minimum Gasteiger partial charge on any atom is -0.454 e. The van der Waals surface area contributed by atoms with Crippen molar-refractivity contribution in [1.82, 2.24) is 5.48 Å². The molecule has 17 heavy (non-hydrogen) atoms. The topological polar surface area (TPSA) is 49.0 Å². The Morgan fingerprint density at radius 1 is 1.29 bits per heavy atom. The lowest BCUT2D eigenvalue weighted by Gasteiger charge is -2.14. The van der Waals surface area contributed by atoms with Gasteiger partial charge in [-0.15, -0.1) is 0 Å². The molecule has 5 nitrogen and oxygen atoms in total. The van der Waals surface area contributed by atoms with Crippen LogP contribution in [0.3, 0.4) is 0 Å². The summed E-state index contributed by atoms with van der Waals surface area (Å²) in [5.41, 5.74) is 4.04. The van der Waals surface area contributed by atoms with E-state index in [4.69, 9.17) is 19.0 Å². The number of fused-ring (bicyclic) bond motifs is 1. The van der Waals surface area contributed by atoms with Crippen LogP contribution >= 0.6 is 0 Å². The average Bonchev–Trinajstić information content (AvgIpc) is 2.81. The maximum Gasteiger partial charge on any atom is 0.231 e. The first kappa shape index (κ1) is 12.2. The zero-order chi connectivity index (χ0) is 12.1. The van der Waals surface area contributed by atoms with Crippen molar-refractivity contribution in [3.63, 3.8) is 0 Å². The van der Waals surface area contributed by atoms with E-state index < -0.39 is 0 Å². The molecule has 1 aliphatic rings. The molecule has 1 heterocycles. The highest BCUT2D eigenvalue weighted by molar-refractivity contribution is 5.45. The van der Waals surface area contributed by atoms with Crippen molar-refractivity contribution < 1.29 is 19.0 Å². The van der Waals surface area contributed by atoms with Crippen LogP contribution in [0, 0.1) is 0 Å². The Labute approximate surface area is 101 Å². The van der Waals surface area contributed by atoms with Gasteiger partial charge < -0.3 is 14.2 Å². The molecule has 1 aliphatic heterocycles. The minimum atomic E-state index is 0.0846. The van der Waals surface area contributed by atoms with Crippen molar-refractivity contribution >= 4 is 0 Å². The molecule has 94 valence electrons. The number of methoxy groups -OCH3 is 1. The van der Waals surface area contributed by atoms with Crippen LogP contribution in [-0.4, -0.2) is 27.1 Å². The minimum absolute atomic E-state index is 0.0846. The second-order valence-corrected chi connectivity index (χ2v) is 3.79. The van der Waals surface area contributed by atoms with Gasteiger partial charge in [-0.05, 0) is 24.6 Å². The van der Waals surface area contributed by atoms with Crippen molar-refractivity contribution in [1.29, 1.82) is 0 Å². The third-order valence-electron chi connectivity index (χ3n) is 2.55. The fraction of sp³-hybridized carbons (Fsp3) is 0.500. The second-order valence-electron chi connectivity index (χ2n) is 3.79. The van der Waals surface area contributed by atoms with E-state index in [0.717, 1.165) is 17.1 Å². The summed E-state index contributed by atoms with van der Waals surface area (Å²) < 4.78 is 15.5. The Morgan fingerprint density at radius 2 is 2.12 bits per heavy atom. The van der Waals surface area contributed by atoms with Crippen molar-refractivity contribution in [3.8, 4) is 11.5 Å². The molecule has 0 radical (unpaired) electrons. The molecule has 1 N–H and O–H groups in total. The Morgan fingerprint density at radius 3 is 2.94 bits per heavy atom. The molecule has 0 amide bonds. The van der Waals surface area contributed by atoms with Crippen molar-refractivity contribution in [2.45, 2.75) is 13.0 Å². The largest absolute Gasteiger partial charge is 0.454 e. The van der Waals surface area contributed by atoms with E-state index in [9.17, 15) is 0 Å². The summed E-state index contributed by atoms with van der Waals surface area (Å²) in [4.78, 5) is 5.26.